The van der Waals surface area contributed by atoms with Crippen molar-refractivity contribution in [3.63, 3.8) is 0 Å². The normalized spacial score (nSPS) is 18.0. The molecular weight excluding hydrogens is 516 g/mol. The van der Waals surface area contributed by atoms with E-state index in [0.717, 1.165) is 0 Å². The molecule has 2 aliphatic carbocycles. The monoisotopic (exact) mass is 578 g/mol. The van der Waals surface area contributed by atoms with Crippen molar-refractivity contribution in [2.24, 2.45) is 5.92 Å². The van der Waals surface area contributed by atoms with Gasteiger partial charge in [-0.05, 0) is 121 Å². The van der Waals surface area contributed by atoms with E-state index in [9.17, 15) is 0 Å². The summed E-state index contributed by atoms with van der Waals surface area (Å²) in [5, 5.41) is 0. The van der Waals surface area contributed by atoms with Crippen molar-refractivity contribution < 1.29 is 0 Å². The Morgan fingerprint density at radius 1 is 0.558 bits per heavy atom. The highest BCUT2D eigenvalue weighted by Gasteiger charge is 2.50. The summed E-state index contributed by atoms with van der Waals surface area (Å²) >= 11 is 0. The van der Waals surface area contributed by atoms with E-state index >= 15 is 0 Å². The van der Waals surface area contributed by atoms with Gasteiger partial charge in [-0.2, -0.15) is 0 Å². The molecule has 2 aromatic carbocycles. The molecule has 0 aliphatic heterocycles. The minimum Gasteiger partial charge on any atom is -0.0654 e. The topological polar surface area (TPSA) is 0 Å². The molecule has 0 radical (unpaired) electrons. The maximum Gasteiger partial charge on any atom is 0.0671 e. The van der Waals surface area contributed by atoms with Gasteiger partial charge in [-0.25, -0.2) is 0 Å². The number of rotatable bonds is 18. The SMILES string of the molecule is CCCCCCc1cc(C)cc(C2(c3cc(CCCCCC)cc(CCCCCC)c3)C(C)=C3C(C)=CC2=C3C(C)C)c1. The lowest BCUT2D eigenvalue weighted by molar-refractivity contribution is 0.655. The third-order valence-corrected chi connectivity index (χ3v) is 10.2. The summed E-state index contributed by atoms with van der Waals surface area (Å²) in [6, 6.07) is 15.4. The highest BCUT2D eigenvalue weighted by Crippen LogP contribution is 2.60. The summed E-state index contributed by atoms with van der Waals surface area (Å²) in [5.41, 5.74) is 16.6. The standard InChI is InChI=1S/C43H62/c1-9-12-15-18-21-35-24-32(6)25-38(28-35)43(34(8)42-33(7)26-40(43)41(42)31(4)5)39-29-36(22-19-16-13-10-2)27-37(30-39)23-20-17-14-11-3/h24-31H,9-23H2,1-8H3. The molecule has 43 heavy (non-hydrogen) atoms. The van der Waals surface area contributed by atoms with E-state index in [-0.39, 0.29) is 5.41 Å². The minimum absolute atomic E-state index is 0.184. The zero-order valence-corrected chi connectivity index (χ0v) is 29.2. The summed E-state index contributed by atoms with van der Waals surface area (Å²) in [6.07, 6.45) is 22.0. The lowest BCUT2D eigenvalue weighted by atomic mass is 9.63. The van der Waals surface area contributed by atoms with Gasteiger partial charge in [-0.1, -0.05) is 140 Å². The fourth-order valence-corrected chi connectivity index (χ4v) is 8.18. The molecule has 1 atom stereocenters. The number of aryl methyl sites for hydroxylation is 4. The molecule has 234 valence electrons. The third-order valence-electron chi connectivity index (χ3n) is 10.2. The van der Waals surface area contributed by atoms with E-state index in [0.29, 0.717) is 5.92 Å². The van der Waals surface area contributed by atoms with Crippen molar-refractivity contribution in [1.29, 1.82) is 0 Å². The Hall–Kier alpha value is -2.34. The molecule has 1 unspecified atom stereocenters. The van der Waals surface area contributed by atoms with Crippen molar-refractivity contribution in [2.75, 3.05) is 0 Å². The highest BCUT2D eigenvalue weighted by molar-refractivity contribution is 5.79. The fourth-order valence-electron chi connectivity index (χ4n) is 8.18. The third kappa shape index (κ3) is 7.32. The van der Waals surface area contributed by atoms with Gasteiger partial charge in [0.25, 0.3) is 0 Å². The van der Waals surface area contributed by atoms with Gasteiger partial charge in [0, 0.05) is 0 Å². The number of allylic oxidation sites excluding steroid dienone is 6. The summed E-state index contributed by atoms with van der Waals surface area (Å²) in [7, 11) is 0. The predicted molar refractivity (Wildman–Crippen MR) is 190 cm³/mol. The Bertz CT molecular complexity index is 1300. The second-order valence-electron chi connectivity index (χ2n) is 14.2. The van der Waals surface area contributed by atoms with Crippen LogP contribution in [-0.4, -0.2) is 0 Å². The van der Waals surface area contributed by atoms with E-state index in [1.165, 1.54) is 124 Å². The molecule has 0 heteroatoms. The van der Waals surface area contributed by atoms with Gasteiger partial charge >= 0.3 is 0 Å². The second kappa shape index (κ2) is 15.6. The van der Waals surface area contributed by atoms with Crippen LogP contribution in [0.5, 0.6) is 0 Å². The van der Waals surface area contributed by atoms with Crippen LogP contribution in [0.25, 0.3) is 0 Å². The smallest absolute Gasteiger partial charge is 0.0654 e. The average Bonchev–Trinajstić information content (AvgIpc) is 3.45. The van der Waals surface area contributed by atoms with Gasteiger partial charge in [0.1, 0.15) is 0 Å². The first kappa shape index (κ1) is 33.6. The van der Waals surface area contributed by atoms with E-state index in [4.69, 9.17) is 0 Å². The lowest BCUT2D eigenvalue weighted by Gasteiger charge is -2.38. The number of hydrogen-bond acceptors (Lipinski definition) is 0. The Balaban J connectivity index is 1.89. The summed E-state index contributed by atoms with van der Waals surface area (Å²) in [4.78, 5) is 0. The quantitative estimate of drug-likeness (QED) is 0.154. The molecule has 0 saturated heterocycles. The molecule has 0 nitrogen and oxygen atoms in total. The van der Waals surface area contributed by atoms with Crippen LogP contribution in [-0.2, 0) is 24.7 Å². The number of fused-ring (bicyclic) bond motifs is 1. The Labute approximate surface area is 266 Å². The van der Waals surface area contributed by atoms with Crippen molar-refractivity contribution >= 4 is 0 Å². The molecule has 0 heterocycles. The van der Waals surface area contributed by atoms with Gasteiger partial charge in [-0.3, -0.25) is 0 Å². The first-order chi connectivity index (χ1) is 20.8. The summed E-state index contributed by atoms with van der Waals surface area (Å²) in [5.74, 6) is 0.514. The lowest BCUT2D eigenvalue weighted by Crippen LogP contribution is -2.31. The van der Waals surface area contributed by atoms with Crippen LogP contribution in [0.4, 0.5) is 0 Å². The van der Waals surface area contributed by atoms with Crippen LogP contribution in [0, 0.1) is 12.8 Å². The van der Waals surface area contributed by atoms with Crippen molar-refractivity contribution in [3.05, 3.63) is 104 Å². The molecule has 2 aliphatic rings. The van der Waals surface area contributed by atoms with Gasteiger partial charge < -0.3 is 0 Å². The molecule has 2 aromatic rings. The van der Waals surface area contributed by atoms with Gasteiger partial charge in [0.15, 0.2) is 0 Å². The Morgan fingerprint density at radius 3 is 1.47 bits per heavy atom. The first-order valence-corrected chi connectivity index (χ1v) is 18.2. The van der Waals surface area contributed by atoms with Crippen LogP contribution >= 0.6 is 0 Å². The van der Waals surface area contributed by atoms with Crippen LogP contribution < -0.4 is 0 Å². The Morgan fingerprint density at radius 2 is 1.02 bits per heavy atom. The summed E-state index contributed by atoms with van der Waals surface area (Å²) < 4.78 is 0. The zero-order chi connectivity index (χ0) is 31.0. The van der Waals surface area contributed by atoms with Crippen molar-refractivity contribution in [3.8, 4) is 0 Å². The van der Waals surface area contributed by atoms with E-state index in [1.807, 2.05) is 0 Å². The fraction of sp³-hybridized carbons (Fsp3) is 0.581. The average molecular weight is 579 g/mol. The van der Waals surface area contributed by atoms with Gasteiger partial charge in [0.2, 0.25) is 0 Å². The molecule has 0 fully saturated rings. The summed E-state index contributed by atoms with van der Waals surface area (Å²) in [6.45, 7) is 18.9. The van der Waals surface area contributed by atoms with Crippen molar-refractivity contribution in [1.82, 2.24) is 0 Å². The molecule has 2 bridgehead atoms. The molecule has 0 N–H and O–H groups in total. The van der Waals surface area contributed by atoms with E-state index < -0.39 is 0 Å². The molecule has 0 amide bonds. The minimum atomic E-state index is -0.184. The molecular formula is C43H62. The van der Waals surface area contributed by atoms with Gasteiger partial charge in [-0.15, -0.1) is 0 Å². The molecule has 4 rings (SSSR count). The molecule has 0 aromatic heterocycles. The van der Waals surface area contributed by atoms with E-state index in [2.05, 4.69) is 97.9 Å². The predicted octanol–water partition coefficient (Wildman–Crippen LogP) is 12.9. The van der Waals surface area contributed by atoms with Crippen molar-refractivity contribution in [2.45, 2.75) is 157 Å². The van der Waals surface area contributed by atoms with Crippen LogP contribution in [0.1, 0.15) is 159 Å². The first-order valence-electron chi connectivity index (χ1n) is 18.2. The van der Waals surface area contributed by atoms with Crippen LogP contribution in [0.2, 0.25) is 0 Å². The number of benzene rings is 2. The maximum absolute atomic E-state index is 2.63. The van der Waals surface area contributed by atoms with E-state index in [1.54, 1.807) is 33.4 Å². The molecule has 0 saturated carbocycles. The van der Waals surface area contributed by atoms with Crippen LogP contribution in [0.15, 0.2) is 70.3 Å². The number of hydrogen-bond donors (Lipinski definition) is 0. The number of unbranched alkanes of at least 4 members (excludes halogenated alkanes) is 9. The van der Waals surface area contributed by atoms with Gasteiger partial charge in [0.05, 0.1) is 5.41 Å². The second-order valence-corrected chi connectivity index (χ2v) is 14.2. The van der Waals surface area contributed by atoms with Crippen LogP contribution in [0.3, 0.4) is 0 Å². The maximum atomic E-state index is 2.63. The zero-order valence-electron chi connectivity index (χ0n) is 29.2. The Kier molecular flexibility index (Phi) is 12.2. The largest absolute Gasteiger partial charge is 0.0671 e. The highest BCUT2D eigenvalue weighted by atomic mass is 14.5. The molecule has 0 spiro atoms.